The summed E-state index contributed by atoms with van der Waals surface area (Å²) in [6.07, 6.45) is 0. The molecule has 160 valence electrons. The van der Waals surface area contributed by atoms with Crippen LogP contribution in [0, 0.1) is 5.82 Å². The van der Waals surface area contributed by atoms with Crippen molar-refractivity contribution < 1.29 is 12.8 Å². The van der Waals surface area contributed by atoms with Crippen molar-refractivity contribution in [3.8, 4) is 11.1 Å². The Morgan fingerprint density at radius 1 is 1.03 bits per heavy atom. The zero-order chi connectivity index (χ0) is 22.4. The molecule has 3 aromatic carbocycles. The van der Waals surface area contributed by atoms with Crippen LogP contribution in [0.25, 0.3) is 22.0 Å². The summed E-state index contributed by atoms with van der Waals surface area (Å²) in [6, 6.07) is 17.3. The van der Waals surface area contributed by atoms with Crippen LogP contribution in [-0.4, -0.2) is 18.6 Å². The molecule has 0 aliphatic carbocycles. The Bertz CT molecular complexity index is 1360. The quantitative estimate of drug-likeness (QED) is 0.387. The van der Waals surface area contributed by atoms with Crippen LogP contribution in [0.4, 0.5) is 10.2 Å². The Kier molecular flexibility index (Phi) is 5.27. The molecule has 0 unspecified atom stereocenters. The first-order chi connectivity index (χ1) is 14.6. The number of nitrogens with one attached hydrogen (secondary N) is 2. The molecular formula is C23H21ClFN3O2S. The van der Waals surface area contributed by atoms with Gasteiger partial charge in [-0.25, -0.2) is 12.8 Å². The minimum absolute atomic E-state index is 0.00245. The minimum Gasteiger partial charge on any atom is -0.273 e. The topological polar surface area (TPSA) is 74.8 Å². The molecular weight excluding hydrogens is 437 g/mol. The number of aromatic amines is 1. The summed E-state index contributed by atoms with van der Waals surface area (Å²) in [7, 11) is -3.93. The number of H-pyrrole nitrogens is 1. The van der Waals surface area contributed by atoms with Crippen LogP contribution in [-0.2, 0) is 15.4 Å². The van der Waals surface area contributed by atoms with Crippen LogP contribution in [0.2, 0.25) is 5.02 Å². The van der Waals surface area contributed by atoms with Crippen LogP contribution in [0.3, 0.4) is 0 Å². The molecule has 4 aromatic rings. The second-order valence-corrected chi connectivity index (χ2v) is 10.4. The van der Waals surface area contributed by atoms with E-state index in [2.05, 4.69) is 35.7 Å². The Balaban J connectivity index is 1.76. The van der Waals surface area contributed by atoms with Gasteiger partial charge in [-0.05, 0) is 34.7 Å². The lowest BCUT2D eigenvalue weighted by molar-refractivity contribution is 0.587. The molecule has 5 nitrogen and oxygen atoms in total. The third kappa shape index (κ3) is 4.03. The van der Waals surface area contributed by atoms with E-state index in [0.29, 0.717) is 11.1 Å². The number of benzene rings is 3. The maximum Gasteiger partial charge on any atom is 0.263 e. The second kappa shape index (κ2) is 7.66. The molecule has 1 heterocycles. The van der Waals surface area contributed by atoms with E-state index in [4.69, 9.17) is 11.6 Å². The number of nitrogens with zero attached hydrogens (tertiary/aromatic N) is 1. The van der Waals surface area contributed by atoms with Gasteiger partial charge in [0, 0.05) is 10.9 Å². The molecule has 0 bridgehead atoms. The van der Waals surface area contributed by atoms with Gasteiger partial charge in [0.25, 0.3) is 10.0 Å². The summed E-state index contributed by atoms with van der Waals surface area (Å²) in [5.41, 5.74) is 2.11. The zero-order valence-electron chi connectivity index (χ0n) is 17.2. The molecule has 1 aromatic heterocycles. The molecule has 2 N–H and O–H groups in total. The molecule has 0 saturated heterocycles. The molecule has 0 aliphatic rings. The third-order valence-corrected chi connectivity index (χ3v) is 6.81. The van der Waals surface area contributed by atoms with Gasteiger partial charge in [0.05, 0.1) is 9.92 Å². The summed E-state index contributed by atoms with van der Waals surface area (Å²) in [6.45, 7) is 6.15. The maximum absolute atomic E-state index is 14.9. The van der Waals surface area contributed by atoms with Gasteiger partial charge in [-0.3, -0.25) is 9.82 Å². The van der Waals surface area contributed by atoms with Gasteiger partial charge in [0.1, 0.15) is 5.52 Å². The summed E-state index contributed by atoms with van der Waals surface area (Å²) in [5.74, 6) is -0.687. The first kappa shape index (κ1) is 21.3. The van der Waals surface area contributed by atoms with E-state index in [1.54, 1.807) is 42.5 Å². The molecule has 0 radical (unpaired) electrons. The number of aromatic nitrogens is 2. The normalized spacial score (nSPS) is 12.3. The smallest absolute Gasteiger partial charge is 0.263 e. The van der Waals surface area contributed by atoms with Crippen molar-refractivity contribution in [1.29, 1.82) is 0 Å². The summed E-state index contributed by atoms with van der Waals surface area (Å²) in [4.78, 5) is 0.0920. The van der Waals surface area contributed by atoms with Crippen LogP contribution < -0.4 is 4.72 Å². The summed E-state index contributed by atoms with van der Waals surface area (Å²) in [5, 5.41) is 6.76. The Morgan fingerprint density at radius 3 is 2.29 bits per heavy atom. The summed E-state index contributed by atoms with van der Waals surface area (Å²) < 4.78 is 43.2. The average molecular weight is 458 g/mol. The van der Waals surface area contributed by atoms with Crippen LogP contribution in [0.1, 0.15) is 26.3 Å². The number of hydrogen-bond donors (Lipinski definition) is 2. The van der Waals surface area contributed by atoms with Crippen molar-refractivity contribution in [2.24, 2.45) is 0 Å². The van der Waals surface area contributed by atoms with Gasteiger partial charge in [-0.2, -0.15) is 5.10 Å². The van der Waals surface area contributed by atoms with Crippen molar-refractivity contribution in [3.63, 3.8) is 0 Å². The number of anilines is 1. The average Bonchev–Trinajstić information content (AvgIpc) is 3.13. The fourth-order valence-corrected chi connectivity index (χ4v) is 4.60. The predicted molar refractivity (Wildman–Crippen MR) is 122 cm³/mol. The van der Waals surface area contributed by atoms with Crippen LogP contribution in [0.15, 0.2) is 65.6 Å². The molecule has 0 aliphatic heterocycles. The maximum atomic E-state index is 14.9. The van der Waals surface area contributed by atoms with Gasteiger partial charge < -0.3 is 0 Å². The van der Waals surface area contributed by atoms with Crippen molar-refractivity contribution >= 4 is 38.3 Å². The standard InChI is InChI=1S/C23H21ClFN3O2S/c1-23(2,3)15-9-11-16(12-10-15)31(29,30)28-22-18-13-17(14-7-5-4-6-8-14)19(24)20(25)21(18)26-27-22/h4-13H,1-3H3,(H2,26,27,28). The number of sulfonamides is 1. The van der Waals surface area contributed by atoms with E-state index in [0.717, 1.165) is 5.56 Å². The first-order valence-corrected chi connectivity index (χ1v) is 11.5. The molecule has 4 rings (SSSR count). The molecule has 0 fully saturated rings. The van der Waals surface area contributed by atoms with Crippen molar-refractivity contribution in [3.05, 3.63) is 77.1 Å². The lowest BCUT2D eigenvalue weighted by atomic mass is 9.87. The molecule has 0 spiro atoms. The van der Waals surface area contributed by atoms with Crippen molar-refractivity contribution in [2.75, 3.05) is 4.72 Å². The number of halogens is 2. The van der Waals surface area contributed by atoms with Gasteiger partial charge in [-0.15, -0.1) is 0 Å². The minimum atomic E-state index is -3.93. The van der Waals surface area contributed by atoms with E-state index in [1.807, 2.05) is 18.2 Å². The molecule has 31 heavy (non-hydrogen) atoms. The SMILES string of the molecule is CC(C)(C)c1ccc(S(=O)(=O)Nc2n[nH]c3c(F)c(Cl)c(-c4ccccc4)cc23)cc1. The predicted octanol–water partition coefficient (Wildman–Crippen LogP) is 6.12. The number of fused-ring (bicyclic) bond motifs is 1. The third-order valence-electron chi connectivity index (χ3n) is 5.09. The number of rotatable bonds is 4. The fraction of sp³-hybridized carbons (Fsp3) is 0.174. The van der Waals surface area contributed by atoms with Gasteiger partial charge in [0.2, 0.25) is 0 Å². The molecule has 8 heteroatoms. The number of hydrogen-bond acceptors (Lipinski definition) is 3. The lowest BCUT2D eigenvalue weighted by Crippen LogP contribution is -2.15. The Morgan fingerprint density at radius 2 is 1.68 bits per heavy atom. The Hall–Kier alpha value is -2.90. The second-order valence-electron chi connectivity index (χ2n) is 8.29. The van der Waals surface area contributed by atoms with E-state index in [1.165, 1.54) is 0 Å². The van der Waals surface area contributed by atoms with Crippen LogP contribution >= 0.6 is 11.6 Å². The largest absolute Gasteiger partial charge is 0.273 e. The monoisotopic (exact) mass is 457 g/mol. The van der Waals surface area contributed by atoms with E-state index >= 15 is 0 Å². The van der Waals surface area contributed by atoms with E-state index in [-0.39, 0.29) is 32.1 Å². The lowest BCUT2D eigenvalue weighted by Gasteiger charge is -2.19. The van der Waals surface area contributed by atoms with E-state index < -0.39 is 15.8 Å². The highest BCUT2D eigenvalue weighted by molar-refractivity contribution is 7.92. The van der Waals surface area contributed by atoms with Gasteiger partial charge in [0.15, 0.2) is 11.6 Å². The van der Waals surface area contributed by atoms with Gasteiger partial charge >= 0.3 is 0 Å². The van der Waals surface area contributed by atoms with Crippen molar-refractivity contribution in [1.82, 2.24) is 10.2 Å². The zero-order valence-corrected chi connectivity index (χ0v) is 18.8. The molecule has 0 atom stereocenters. The van der Waals surface area contributed by atoms with Crippen molar-refractivity contribution in [2.45, 2.75) is 31.1 Å². The highest BCUT2D eigenvalue weighted by Gasteiger charge is 2.22. The van der Waals surface area contributed by atoms with Crippen LogP contribution in [0.5, 0.6) is 0 Å². The fourth-order valence-electron chi connectivity index (χ4n) is 3.32. The first-order valence-electron chi connectivity index (χ1n) is 9.63. The highest BCUT2D eigenvalue weighted by atomic mass is 35.5. The van der Waals surface area contributed by atoms with Gasteiger partial charge in [-0.1, -0.05) is 74.8 Å². The Labute approximate surface area is 185 Å². The van der Waals surface area contributed by atoms with E-state index in [9.17, 15) is 12.8 Å². The highest BCUT2D eigenvalue weighted by Crippen LogP contribution is 2.37. The molecule has 0 saturated carbocycles. The summed E-state index contributed by atoms with van der Waals surface area (Å²) >= 11 is 6.24. The molecule has 0 amide bonds.